The summed E-state index contributed by atoms with van der Waals surface area (Å²) < 4.78 is 2.85. The summed E-state index contributed by atoms with van der Waals surface area (Å²) in [5.74, 6) is 0. The molecule has 0 aromatic carbocycles. The Morgan fingerprint density at radius 1 is 1.16 bits per heavy atom. The quantitative estimate of drug-likeness (QED) is 0.803. The fourth-order valence-electron chi connectivity index (χ4n) is 2.29. The molecule has 104 valence electrons. The van der Waals surface area contributed by atoms with Crippen molar-refractivity contribution in [3.8, 4) is 0 Å². The molecule has 2 aromatic heterocycles. The molecule has 2 rings (SSSR count). The standard InChI is InChI=1S/C13H20N4O2/c1-3-5-6-7-8-17-12(18)10-11(15-9-14-10)16(4-2)13(17)19/h9H,3-8H2,1-2H3,(H,14,15). The number of aromatic amines is 1. The van der Waals surface area contributed by atoms with Crippen molar-refractivity contribution in [3.63, 3.8) is 0 Å². The minimum atomic E-state index is -0.265. The molecular weight excluding hydrogens is 244 g/mol. The van der Waals surface area contributed by atoms with Gasteiger partial charge < -0.3 is 4.98 Å². The van der Waals surface area contributed by atoms with E-state index < -0.39 is 0 Å². The van der Waals surface area contributed by atoms with Gasteiger partial charge in [-0.05, 0) is 13.3 Å². The predicted octanol–water partition coefficient (Wildman–Crippen LogP) is 1.49. The van der Waals surface area contributed by atoms with Gasteiger partial charge in [0.15, 0.2) is 5.65 Å². The SMILES string of the molecule is CCCCCCn1c(=O)c2[nH]cnc2n(CC)c1=O. The average molecular weight is 264 g/mol. The van der Waals surface area contributed by atoms with Crippen LogP contribution in [0, 0.1) is 0 Å². The molecule has 0 atom stereocenters. The monoisotopic (exact) mass is 264 g/mol. The third-order valence-electron chi connectivity index (χ3n) is 3.35. The summed E-state index contributed by atoms with van der Waals surface area (Å²) in [4.78, 5) is 31.4. The molecule has 0 saturated heterocycles. The predicted molar refractivity (Wildman–Crippen MR) is 74.4 cm³/mol. The lowest BCUT2D eigenvalue weighted by molar-refractivity contribution is 0.530. The molecule has 6 heteroatoms. The van der Waals surface area contributed by atoms with Crippen LogP contribution < -0.4 is 11.2 Å². The van der Waals surface area contributed by atoms with Crippen LogP contribution in [-0.4, -0.2) is 19.1 Å². The molecule has 0 bridgehead atoms. The number of aryl methyl sites for hydroxylation is 1. The summed E-state index contributed by atoms with van der Waals surface area (Å²) in [6.07, 6.45) is 5.61. The van der Waals surface area contributed by atoms with Crippen molar-refractivity contribution in [1.29, 1.82) is 0 Å². The molecule has 6 nitrogen and oxygen atoms in total. The summed E-state index contributed by atoms with van der Waals surface area (Å²) >= 11 is 0. The number of rotatable bonds is 6. The Balaban J connectivity index is 2.42. The lowest BCUT2D eigenvalue weighted by Crippen LogP contribution is -2.40. The van der Waals surface area contributed by atoms with Crippen LogP contribution >= 0.6 is 0 Å². The fourth-order valence-corrected chi connectivity index (χ4v) is 2.29. The Hall–Kier alpha value is -1.85. The van der Waals surface area contributed by atoms with Crippen molar-refractivity contribution in [3.05, 3.63) is 27.2 Å². The smallest absolute Gasteiger partial charge is 0.332 e. The van der Waals surface area contributed by atoms with Gasteiger partial charge in [-0.25, -0.2) is 9.78 Å². The van der Waals surface area contributed by atoms with Gasteiger partial charge >= 0.3 is 5.69 Å². The highest BCUT2D eigenvalue weighted by atomic mass is 16.2. The molecule has 0 radical (unpaired) electrons. The van der Waals surface area contributed by atoms with E-state index in [0.717, 1.165) is 25.7 Å². The Morgan fingerprint density at radius 2 is 1.95 bits per heavy atom. The number of hydrogen-bond acceptors (Lipinski definition) is 3. The molecule has 0 aliphatic carbocycles. The molecule has 2 heterocycles. The Morgan fingerprint density at radius 3 is 2.63 bits per heavy atom. The molecule has 0 aliphatic rings. The molecule has 1 N–H and O–H groups in total. The lowest BCUT2D eigenvalue weighted by atomic mass is 10.2. The molecule has 2 aromatic rings. The number of hydrogen-bond donors (Lipinski definition) is 1. The van der Waals surface area contributed by atoms with E-state index in [4.69, 9.17) is 0 Å². The zero-order valence-corrected chi connectivity index (χ0v) is 11.5. The van der Waals surface area contributed by atoms with Gasteiger partial charge in [0.1, 0.15) is 5.52 Å². The van der Waals surface area contributed by atoms with Crippen molar-refractivity contribution in [1.82, 2.24) is 19.1 Å². The number of imidazole rings is 1. The number of nitrogens with one attached hydrogen (secondary N) is 1. The van der Waals surface area contributed by atoms with Crippen LogP contribution in [0.3, 0.4) is 0 Å². The van der Waals surface area contributed by atoms with Gasteiger partial charge in [0.05, 0.1) is 6.33 Å². The summed E-state index contributed by atoms with van der Waals surface area (Å²) in [6, 6.07) is 0. The van der Waals surface area contributed by atoms with Crippen molar-refractivity contribution >= 4 is 11.2 Å². The first-order chi connectivity index (χ1) is 9.20. The van der Waals surface area contributed by atoms with E-state index in [2.05, 4.69) is 16.9 Å². The first-order valence-corrected chi connectivity index (χ1v) is 6.87. The molecule has 19 heavy (non-hydrogen) atoms. The minimum absolute atomic E-state index is 0.261. The normalized spacial score (nSPS) is 11.3. The average Bonchev–Trinajstić information content (AvgIpc) is 2.88. The van der Waals surface area contributed by atoms with E-state index in [0.29, 0.717) is 24.3 Å². The number of unbranched alkanes of at least 4 members (excludes halogenated alkanes) is 3. The highest BCUT2D eigenvalue weighted by molar-refractivity contribution is 5.68. The molecule has 0 amide bonds. The van der Waals surface area contributed by atoms with E-state index in [9.17, 15) is 9.59 Å². The summed E-state index contributed by atoms with van der Waals surface area (Å²) in [6.45, 7) is 5.00. The lowest BCUT2D eigenvalue weighted by Gasteiger charge is -2.09. The second kappa shape index (κ2) is 5.86. The first-order valence-electron chi connectivity index (χ1n) is 6.87. The van der Waals surface area contributed by atoms with Gasteiger partial charge in [-0.2, -0.15) is 0 Å². The Bertz CT molecular complexity index is 665. The van der Waals surface area contributed by atoms with Crippen LogP contribution in [0.2, 0.25) is 0 Å². The zero-order chi connectivity index (χ0) is 13.8. The number of fused-ring (bicyclic) bond motifs is 1. The van der Waals surface area contributed by atoms with Crippen molar-refractivity contribution in [2.45, 2.75) is 52.6 Å². The van der Waals surface area contributed by atoms with E-state index in [1.165, 1.54) is 15.5 Å². The second-order valence-corrected chi connectivity index (χ2v) is 4.65. The zero-order valence-electron chi connectivity index (χ0n) is 11.5. The minimum Gasteiger partial charge on any atom is -0.339 e. The first kappa shape index (κ1) is 13.6. The van der Waals surface area contributed by atoms with Crippen LogP contribution in [0.4, 0.5) is 0 Å². The molecule has 0 aliphatic heterocycles. The Labute approximate surface area is 111 Å². The summed E-state index contributed by atoms with van der Waals surface area (Å²) in [5.41, 5.74) is 0.335. The van der Waals surface area contributed by atoms with Crippen molar-refractivity contribution in [2.75, 3.05) is 0 Å². The largest absolute Gasteiger partial charge is 0.339 e. The van der Waals surface area contributed by atoms with Crippen LogP contribution in [0.15, 0.2) is 15.9 Å². The number of nitrogens with zero attached hydrogens (tertiary/aromatic N) is 3. The maximum Gasteiger partial charge on any atom is 0.332 e. The number of H-pyrrole nitrogens is 1. The molecule has 0 unspecified atom stereocenters. The molecule has 0 saturated carbocycles. The van der Waals surface area contributed by atoms with Gasteiger partial charge in [-0.1, -0.05) is 26.2 Å². The van der Waals surface area contributed by atoms with Crippen molar-refractivity contribution in [2.24, 2.45) is 0 Å². The maximum absolute atomic E-state index is 12.3. The van der Waals surface area contributed by atoms with E-state index in [1.54, 1.807) is 0 Å². The maximum atomic E-state index is 12.3. The van der Waals surface area contributed by atoms with Gasteiger partial charge in [0, 0.05) is 13.1 Å². The highest BCUT2D eigenvalue weighted by Crippen LogP contribution is 2.03. The third-order valence-corrected chi connectivity index (χ3v) is 3.35. The van der Waals surface area contributed by atoms with Gasteiger partial charge in [0.2, 0.25) is 0 Å². The summed E-state index contributed by atoms with van der Waals surface area (Å²) in [5, 5.41) is 0. The third kappa shape index (κ3) is 2.47. The van der Waals surface area contributed by atoms with Crippen LogP contribution in [0.1, 0.15) is 39.5 Å². The molecule has 0 fully saturated rings. The highest BCUT2D eigenvalue weighted by Gasteiger charge is 2.13. The van der Waals surface area contributed by atoms with E-state index in [1.807, 2.05) is 6.92 Å². The second-order valence-electron chi connectivity index (χ2n) is 4.65. The van der Waals surface area contributed by atoms with Gasteiger partial charge in [-0.15, -0.1) is 0 Å². The van der Waals surface area contributed by atoms with Crippen molar-refractivity contribution < 1.29 is 0 Å². The summed E-state index contributed by atoms with van der Waals surface area (Å²) in [7, 11) is 0. The topological polar surface area (TPSA) is 72.7 Å². The molecule has 0 spiro atoms. The van der Waals surface area contributed by atoms with Gasteiger partial charge in [-0.3, -0.25) is 13.9 Å². The molecular formula is C13H20N4O2. The number of aromatic nitrogens is 4. The van der Waals surface area contributed by atoms with E-state index >= 15 is 0 Å². The van der Waals surface area contributed by atoms with Crippen LogP contribution in [-0.2, 0) is 13.1 Å². The van der Waals surface area contributed by atoms with Gasteiger partial charge in [0.25, 0.3) is 5.56 Å². The Kier molecular flexibility index (Phi) is 4.19. The van der Waals surface area contributed by atoms with Crippen LogP contribution in [0.25, 0.3) is 11.2 Å². The van der Waals surface area contributed by atoms with Crippen LogP contribution in [0.5, 0.6) is 0 Å². The van der Waals surface area contributed by atoms with E-state index in [-0.39, 0.29) is 11.2 Å². The fraction of sp³-hybridized carbons (Fsp3) is 0.615.